The fourth-order valence-corrected chi connectivity index (χ4v) is 2.12. The van der Waals surface area contributed by atoms with Crippen molar-refractivity contribution in [2.45, 2.75) is 32.4 Å². The van der Waals surface area contributed by atoms with Crippen LogP contribution in [0.5, 0.6) is 0 Å². The van der Waals surface area contributed by atoms with Crippen LogP contribution in [0.2, 0.25) is 0 Å². The standard InChI is InChI=1S/C14H15N3O3/c1-9-11(3-2-4-12(9)17(18)19)13-7-16-14(20-13)8-15-10-5-6-10/h2-4,7,10,15H,5-6,8H2,1H3. The van der Waals surface area contributed by atoms with Gasteiger partial charge in [-0.2, -0.15) is 0 Å². The van der Waals surface area contributed by atoms with Crippen LogP contribution in [0.3, 0.4) is 0 Å². The Hall–Kier alpha value is -2.21. The molecule has 0 atom stereocenters. The van der Waals surface area contributed by atoms with E-state index in [4.69, 9.17) is 4.42 Å². The molecule has 1 saturated carbocycles. The summed E-state index contributed by atoms with van der Waals surface area (Å²) in [5.41, 5.74) is 1.40. The van der Waals surface area contributed by atoms with E-state index in [0.717, 1.165) is 0 Å². The molecule has 2 aromatic rings. The van der Waals surface area contributed by atoms with E-state index in [1.54, 1.807) is 25.3 Å². The molecule has 104 valence electrons. The lowest BCUT2D eigenvalue weighted by atomic mass is 10.1. The number of oxazole rings is 1. The summed E-state index contributed by atoms with van der Waals surface area (Å²) in [6.45, 7) is 2.32. The van der Waals surface area contributed by atoms with Crippen molar-refractivity contribution in [3.8, 4) is 11.3 Å². The summed E-state index contributed by atoms with van der Waals surface area (Å²) in [5.74, 6) is 1.18. The Balaban J connectivity index is 1.84. The third-order valence-electron chi connectivity index (χ3n) is 3.44. The predicted molar refractivity (Wildman–Crippen MR) is 73.2 cm³/mol. The summed E-state index contributed by atoms with van der Waals surface area (Å²) in [6.07, 6.45) is 4.03. The van der Waals surface area contributed by atoms with Gasteiger partial charge in [0.15, 0.2) is 5.76 Å². The molecule has 1 aliphatic rings. The van der Waals surface area contributed by atoms with E-state index in [1.807, 2.05) is 0 Å². The first-order valence-corrected chi connectivity index (χ1v) is 6.57. The number of nitrogens with zero attached hydrogens (tertiary/aromatic N) is 2. The summed E-state index contributed by atoms with van der Waals surface area (Å²) >= 11 is 0. The number of nitro groups is 1. The van der Waals surface area contributed by atoms with Crippen molar-refractivity contribution in [3.63, 3.8) is 0 Å². The molecule has 0 bridgehead atoms. The maximum atomic E-state index is 10.9. The third-order valence-corrected chi connectivity index (χ3v) is 3.44. The Labute approximate surface area is 116 Å². The van der Waals surface area contributed by atoms with Gasteiger partial charge in [0, 0.05) is 23.2 Å². The first-order valence-electron chi connectivity index (χ1n) is 6.57. The molecule has 0 amide bonds. The molecule has 1 aromatic heterocycles. The molecule has 1 fully saturated rings. The normalized spacial score (nSPS) is 14.4. The number of benzene rings is 1. The Morgan fingerprint density at radius 3 is 3.00 bits per heavy atom. The number of hydrogen-bond donors (Lipinski definition) is 1. The molecule has 0 radical (unpaired) electrons. The summed E-state index contributed by atoms with van der Waals surface area (Å²) in [6, 6.07) is 5.54. The first kappa shape index (κ1) is 12.8. The maximum Gasteiger partial charge on any atom is 0.273 e. The van der Waals surface area contributed by atoms with E-state index < -0.39 is 0 Å². The Morgan fingerprint density at radius 2 is 2.30 bits per heavy atom. The van der Waals surface area contributed by atoms with Crippen molar-refractivity contribution in [1.82, 2.24) is 10.3 Å². The molecule has 1 heterocycles. The fraction of sp³-hybridized carbons (Fsp3) is 0.357. The first-order chi connectivity index (χ1) is 9.65. The lowest BCUT2D eigenvalue weighted by Gasteiger charge is -2.02. The topological polar surface area (TPSA) is 81.2 Å². The highest BCUT2D eigenvalue weighted by Gasteiger charge is 2.21. The highest BCUT2D eigenvalue weighted by atomic mass is 16.6. The van der Waals surface area contributed by atoms with Crippen LogP contribution < -0.4 is 5.32 Å². The van der Waals surface area contributed by atoms with Crippen LogP contribution in [0, 0.1) is 17.0 Å². The van der Waals surface area contributed by atoms with Gasteiger partial charge in [-0.15, -0.1) is 0 Å². The summed E-state index contributed by atoms with van der Waals surface area (Å²) < 4.78 is 5.67. The largest absolute Gasteiger partial charge is 0.439 e. The zero-order chi connectivity index (χ0) is 14.1. The maximum absolute atomic E-state index is 10.9. The van der Waals surface area contributed by atoms with E-state index in [9.17, 15) is 10.1 Å². The Bertz CT molecular complexity index is 647. The summed E-state index contributed by atoms with van der Waals surface area (Å²) in [7, 11) is 0. The summed E-state index contributed by atoms with van der Waals surface area (Å²) in [4.78, 5) is 14.8. The lowest BCUT2D eigenvalue weighted by molar-refractivity contribution is -0.385. The highest BCUT2D eigenvalue weighted by molar-refractivity contribution is 5.66. The van der Waals surface area contributed by atoms with Crippen LogP contribution in [0.15, 0.2) is 28.8 Å². The number of rotatable bonds is 5. The van der Waals surface area contributed by atoms with Crippen LogP contribution in [0.4, 0.5) is 5.69 Å². The van der Waals surface area contributed by atoms with Gasteiger partial charge in [0.05, 0.1) is 17.7 Å². The van der Waals surface area contributed by atoms with Gasteiger partial charge in [-0.25, -0.2) is 4.98 Å². The molecular formula is C14H15N3O3. The molecule has 1 aliphatic carbocycles. The van der Waals surface area contributed by atoms with Gasteiger partial charge in [0.1, 0.15) is 0 Å². The lowest BCUT2D eigenvalue weighted by Crippen LogP contribution is -2.15. The minimum atomic E-state index is -0.384. The predicted octanol–water partition coefficient (Wildman–Crippen LogP) is 2.81. The number of aromatic nitrogens is 1. The molecule has 1 aromatic carbocycles. The number of hydrogen-bond acceptors (Lipinski definition) is 5. The number of nitrogens with one attached hydrogen (secondary N) is 1. The van der Waals surface area contributed by atoms with Gasteiger partial charge in [-0.05, 0) is 19.8 Å². The van der Waals surface area contributed by atoms with Crippen LogP contribution in [0.25, 0.3) is 11.3 Å². The van der Waals surface area contributed by atoms with Gasteiger partial charge in [0.2, 0.25) is 5.89 Å². The second-order valence-electron chi connectivity index (χ2n) is 4.98. The van der Waals surface area contributed by atoms with Crippen molar-refractivity contribution in [1.29, 1.82) is 0 Å². The molecule has 0 unspecified atom stereocenters. The molecule has 1 N–H and O–H groups in total. The third kappa shape index (κ3) is 2.55. The van der Waals surface area contributed by atoms with Crippen molar-refractivity contribution < 1.29 is 9.34 Å². The molecular weight excluding hydrogens is 258 g/mol. The minimum Gasteiger partial charge on any atom is -0.439 e. The van der Waals surface area contributed by atoms with E-state index in [-0.39, 0.29) is 10.6 Å². The Morgan fingerprint density at radius 1 is 1.50 bits per heavy atom. The van der Waals surface area contributed by atoms with E-state index in [0.29, 0.717) is 35.4 Å². The van der Waals surface area contributed by atoms with Gasteiger partial charge >= 0.3 is 0 Å². The average molecular weight is 273 g/mol. The van der Waals surface area contributed by atoms with Crippen molar-refractivity contribution >= 4 is 5.69 Å². The van der Waals surface area contributed by atoms with Crippen LogP contribution in [-0.4, -0.2) is 15.9 Å². The van der Waals surface area contributed by atoms with Gasteiger partial charge in [-0.3, -0.25) is 10.1 Å². The highest BCUT2D eigenvalue weighted by Crippen LogP contribution is 2.30. The minimum absolute atomic E-state index is 0.0940. The quantitative estimate of drug-likeness (QED) is 0.669. The zero-order valence-corrected chi connectivity index (χ0v) is 11.1. The molecule has 6 nitrogen and oxygen atoms in total. The van der Waals surface area contributed by atoms with Gasteiger partial charge in [-0.1, -0.05) is 12.1 Å². The second-order valence-corrected chi connectivity index (χ2v) is 4.98. The Kier molecular flexibility index (Phi) is 3.23. The van der Waals surface area contributed by atoms with Crippen molar-refractivity contribution in [2.24, 2.45) is 0 Å². The van der Waals surface area contributed by atoms with E-state index in [1.165, 1.54) is 18.9 Å². The molecule has 0 spiro atoms. The fourth-order valence-electron chi connectivity index (χ4n) is 2.12. The van der Waals surface area contributed by atoms with E-state index in [2.05, 4.69) is 10.3 Å². The van der Waals surface area contributed by atoms with Gasteiger partial charge < -0.3 is 9.73 Å². The van der Waals surface area contributed by atoms with E-state index >= 15 is 0 Å². The van der Waals surface area contributed by atoms with Gasteiger partial charge in [0.25, 0.3) is 5.69 Å². The number of nitro benzene ring substituents is 1. The zero-order valence-electron chi connectivity index (χ0n) is 11.1. The van der Waals surface area contributed by atoms with Crippen molar-refractivity contribution in [3.05, 3.63) is 46.0 Å². The molecule has 3 rings (SSSR count). The molecule has 20 heavy (non-hydrogen) atoms. The second kappa shape index (κ2) is 5.05. The average Bonchev–Trinajstić information content (AvgIpc) is 3.14. The van der Waals surface area contributed by atoms with Crippen LogP contribution in [0.1, 0.15) is 24.3 Å². The van der Waals surface area contributed by atoms with Crippen LogP contribution >= 0.6 is 0 Å². The monoisotopic (exact) mass is 273 g/mol. The van der Waals surface area contributed by atoms with Crippen LogP contribution in [-0.2, 0) is 6.54 Å². The summed E-state index contributed by atoms with van der Waals surface area (Å²) in [5, 5.41) is 14.3. The molecule has 6 heteroatoms. The molecule has 0 saturated heterocycles. The smallest absolute Gasteiger partial charge is 0.273 e. The SMILES string of the molecule is Cc1c(-c2cnc(CNC3CC3)o2)cccc1[N+](=O)[O-]. The van der Waals surface area contributed by atoms with Crippen molar-refractivity contribution in [2.75, 3.05) is 0 Å². The molecule has 0 aliphatic heterocycles.